The summed E-state index contributed by atoms with van der Waals surface area (Å²) >= 11 is 0. The number of aryl methyl sites for hydroxylation is 1. The van der Waals surface area contributed by atoms with Gasteiger partial charge in [-0.15, -0.1) is 0 Å². The first-order chi connectivity index (χ1) is 11.5. The van der Waals surface area contributed by atoms with Gasteiger partial charge in [0, 0.05) is 7.05 Å². The number of nitrogens with two attached hydrogens (primary N) is 1. The number of benzene rings is 1. The lowest BCUT2D eigenvalue weighted by Gasteiger charge is -2.18. The van der Waals surface area contributed by atoms with Gasteiger partial charge in [-0.05, 0) is 26.0 Å². The Hall–Kier alpha value is -2.66. The molecule has 1 aromatic rings. The van der Waals surface area contributed by atoms with Gasteiger partial charge in [0.15, 0.2) is 0 Å². The number of nitrogens with one attached hydrogen (secondary N) is 3. The highest BCUT2D eigenvalue weighted by Crippen LogP contribution is 2.14. The van der Waals surface area contributed by atoms with Crippen LogP contribution in [0.1, 0.15) is 12.5 Å². The molecular weight excluding hydrogens is 350 g/mol. The van der Waals surface area contributed by atoms with Crippen molar-refractivity contribution in [2.45, 2.75) is 24.8 Å². The van der Waals surface area contributed by atoms with Crippen LogP contribution in [-0.4, -0.2) is 50.2 Å². The number of rotatable bonds is 6. The largest absolute Gasteiger partial charge is 0.352 e. The monoisotopic (exact) mass is 371 g/mol. The van der Waals surface area contributed by atoms with Crippen LogP contribution in [-0.2, 0) is 19.6 Å². The van der Waals surface area contributed by atoms with Crippen molar-refractivity contribution in [1.29, 1.82) is 0 Å². The van der Waals surface area contributed by atoms with Gasteiger partial charge in [-0.25, -0.2) is 13.2 Å². The molecule has 1 unspecified atom stereocenters. The van der Waals surface area contributed by atoms with Crippen molar-refractivity contribution in [3.05, 3.63) is 29.8 Å². The molecule has 0 aliphatic heterocycles. The zero-order chi connectivity index (χ0) is 19.2. The molecule has 138 valence electrons. The van der Waals surface area contributed by atoms with Gasteiger partial charge in [-0.1, -0.05) is 17.7 Å². The number of primary amides is 1. The van der Waals surface area contributed by atoms with E-state index in [0.717, 1.165) is 9.87 Å². The number of carbonyl (C=O) groups excluding carboxylic acids is 3. The third-order valence-electron chi connectivity index (χ3n) is 3.17. The van der Waals surface area contributed by atoms with Gasteiger partial charge in [-0.2, -0.15) is 4.31 Å². The number of hydrogen-bond acceptors (Lipinski definition) is 5. The maximum absolute atomic E-state index is 12.3. The number of amides is 4. The Bertz CT molecular complexity index is 747. The van der Waals surface area contributed by atoms with Crippen molar-refractivity contribution in [3.8, 4) is 0 Å². The van der Waals surface area contributed by atoms with E-state index in [0.29, 0.717) is 0 Å². The standard InChI is InChI=1S/C14H21N5O5S/c1-9-4-6-11(7-5-9)25(23,24)19(3)8-12(20)17-18-13(21)10(2)16-14(15)22/h4-7,10H,8H2,1-3H3,(H,17,20)(H,18,21)(H3,15,16,22). The van der Waals surface area contributed by atoms with Gasteiger partial charge < -0.3 is 11.1 Å². The lowest BCUT2D eigenvalue weighted by molar-refractivity contribution is -0.129. The van der Waals surface area contributed by atoms with Crippen molar-refractivity contribution in [3.63, 3.8) is 0 Å². The Balaban J connectivity index is 2.60. The second-order valence-corrected chi connectivity index (χ2v) is 7.39. The highest BCUT2D eigenvalue weighted by molar-refractivity contribution is 7.89. The van der Waals surface area contributed by atoms with Crippen molar-refractivity contribution in [2.24, 2.45) is 5.73 Å². The summed E-state index contributed by atoms with van der Waals surface area (Å²) in [4.78, 5) is 34.1. The molecule has 0 heterocycles. The van der Waals surface area contributed by atoms with Crippen LogP contribution >= 0.6 is 0 Å². The molecule has 0 spiro atoms. The normalized spacial score (nSPS) is 12.3. The van der Waals surface area contributed by atoms with Gasteiger partial charge in [0.25, 0.3) is 11.8 Å². The summed E-state index contributed by atoms with van der Waals surface area (Å²) in [7, 11) is -2.59. The van der Waals surface area contributed by atoms with Crippen LogP contribution < -0.4 is 21.9 Å². The molecule has 0 aromatic heterocycles. The Labute approximate surface area is 145 Å². The minimum atomic E-state index is -3.84. The Kier molecular flexibility index (Phi) is 6.88. The van der Waals surface area contributed by atoms with Crippen LogP contribution in [0.15, 0.2) is 29.2 Å². The van der Waals surface area contributed by atoms with E-state index >= 15 is 0 Å². The maximum atomic E-state index is 12.3. The summed E-state index contributed by atoms with van der Waals surface area (Å²) in [5.41, 5.74) is 9.90. The van der Waals surface area contributed by atoms with Crippen LogP contribution in [0.5, 0.6) is 0 Å². The molecule has 0 saturated heterocycles. The average Bonchev–Trinajstić information content (AvgIpc) is 2.52. The first-order valence-corrected chi connectivity index (χ1v) is 8.65. The predicted molar refractivity (Wildman–Crippen MR) is 89.5 cm³/mol. The van der Waals surface area contributed by atoms with Crippen molar-refractivity contribution >= 4 is 27.9 Å². The van der Waals surface area contributed by atoms with Crippen LogP contribution in [0.3, 0.4) is 0 Å². The van der Waals surface area contributed by atoms with Crippen LogP contribution in [0.25, 0.3) is 0 Å². The van der Waals surface area contributed by atoms with Crippen molar-refractivity contribution in [2.75, 3.05) is 13.6 Å². The number of hydrogen-bond donors (Lipinski definition) is 4. The van der Waals surface area contributed by atoms with E-state index in [-0.39, 0.29) is 4.90 Å². The molecule has 0 fully saturated rings. The molecule has 0 aliphatic carbocycles. The molecule has 1 aromatic carbocycles. The first kappa shape index (κ1) is 20.4. The zero-order valence-corrected chi connectivity index (χ0v) is 14.9. The van der Waals surface area contributed by atoms with Crippen molar-refractivity contribution in [1.82, 2.24) is 20.5 Å². The van der Waals surface area contributed by atoms with Crippen LogP contribution in [0.4, 0.5) is 4.79 Å². The molecule has 11 heteroatoms. The Morgan fingerprint density at radius 1 is 1.16 bits per heavy atom. The minimum absolute atomic E-state index is 0.0525. The lowest BCUT2D eigenvalue weighted by Crippen LogP contribution is -2.53. The topological polar surface area (TPSA) is 151 Å². The number of likely N-dealkylation sites (N-methyl/N-ethyl adjacent to an activating group) is 1. The number of carbonyl (C=O) groups is 3. The molecule has 25 heavy (non-hydrogen) atoms. The van der Waals surface area contributed by atoms with Gasteiger partial charge in [0.2, 0.25) is 10.0 Å². The number of urea groups is 1. The van der Waals surface area contributed by atoms with Gasteiger partial charge in [-0.3, -0.25) is 20.4 Å². The molecule has 0 radical (unpaired) electrons. The summed E-state index contributed by atoms with van der Waals surface area (Å²) in [6, 6.07) is 4.32. The first-order valence-electron chi connectivity index (χ1n) is 7.21. The molecule has 10 nitrogen and oxygen atoms in total. The summed E-state index contributed by atoms with van der Waals surface area (Å²) in [6.45, 7) is 2.68. The summed E-state index contributed by atoms with van der Waals surface area (Å²) in [5.74, 6) is -1.46. The quantitative estimate of drug-likeness (QED) is 0.464. The van der Waals surface area contributed by atoms with E-state index in [9.17, 15) is 22.8 Å². The second-order valence-electron chi connectivity index (χ2n) is 5.34. The summed E-state index contributed by atoms with van der Waals surface area (Å²) in [5, 5.41) is 2.13. The third kappa shape index (κ3) is 6.04. The lowest BCUT2D eigenvalue weighted by atomic mass is 10.2. The van der Waals surface area contributed by atoms with E-state index < -0.39 is 40.5 Å². The molecule has 1 atom stereocenters. The molecular formula is C14H21N5O5S. The average molecular weight is 371 g/mol. The van der Waals surface area contributed by atoms with Crippen LogP contribution in [0.2, 0.25) is 0 Å². The Morgan fingerprint density at radius 2 is 1.72 bits per heavy atom. The fraction of sp³-hybridized carbons (Fsp3) is 0.357. The maximum Gasteiger partial charge on any atom is 0.312 e. The molecule has 0 bridgehead atoms. The van der Waals surface area contributed by atoms with Crippen LogP contribution in [0, 0.1) is 6.92 Å². The van der Waals surface area contributed by atoms with Gasteiger partial charge in [0.05, 0.1) is 11.4 Å². The fourth-order valence-corrected chi connectivity index (χ4v) is 2.86. The van der Waals surface area contributed by atoms with E-state index in [1.807, 2.05) is 6.92 Å². The third-order valence-corrected chi connectivity index (χ3v) is 4.99. The highest BCUT2D eigenvalue weighted by atomic mass is 32.2. The molecule has 5 N–H and O–H groups in total. The molecule has 0 aliphatic rings. The second kappa shape index (κ2) is 8.44. The van der Waals surface area contributed by atoms with Gasteiger partial charge in [0.1, 0.15) is 6.04 Å². The zero-order valence-electron chi connectivity index (χ0n) is 14.1. The van der Waals surface area contributed by atoms with E-state index in [2.05, 4.69) is 16.2 Å². The van der Waals surface area contributed by atoms with Crippen molar-refractivity contribution < 1.29 is 22.8 Å². The van der Waals surface area contributed by atoms with E-state index in [1.165, 1.54) is 26.1 Å². The van der Waals surface area contributed by atoms with E-state index in [1.54, 1.807) is 12.1 Å². The summed E-state index contributed by atoms with van der Waals surface area (Å²) in [6.07, 6.45) is 0. The Morgan fingerprint density at radius 3 is 2.24 bits per heavy atom. The smallest absolute Gasteiger partial charge is 0.312 e. The molecule has 0 saturated carbocycles. The predicted octanol–water partition coefficient (Wildman–Crippen LogP) is -1.18. The van der Waals surface area contributed by atoms with Gasteiger partial charge >= 0.3 is 6.03 Å². The SMILES string of the molecule is Cc1ccc(S(=O)(=O)N(C)CC(=O)NNC(=O)C(C)NC(N)=O)cc1. The highest BCUT2D eigenvalue weighted by Gasteiger charge is 2.23. The minimum Gasteiger partial charge on any atom is -0.352 e. The number of hydrazine groups is 1. The molecule has 1 rings (SSSR count). The summed E-state index contributed by atoms with van der Waals surface area (Å²) < 4.78 is 25.5. The van der Waals surface area contributed by atoms with E-state index in [4.69, 9.17) is 5.73 Å². The fourth-order valence-electron chi connectivity index (χ4n) is 1.74. The molecule has 4 amide bonds. The number of nitrogens with zero attached hydrogens (tertiary/aromatic N) is 1. The number of sulfonamides is 1.